The maximum atomic E-state index is 13.7. The highest BCUT2D eigenvalue weighted by molar-refractivity contribution is 7.10. The summed E-state index contributed by atoms with van der Waals surface area (Å²) in [7, 11) is 6.02. The molecule has 9 heteroatoms. The van der Waals surface area contributed by atoms with Crippen LogP contribution in [0.3, 0.4) is 0 Å². The minimum absolute atomic E-state index is 0.0109. The quantitative estimate of drug-likeness (QED) is 0.310. The van der Waals surface area contributed by atoms with Crippen molar-refractivity contribution in [1.82, 2.24) is 29.4 Å². The lowest BCUT2D eigenvalue weighted by Crippen LogP contribution is -2.47. The van der Waals surface area contributed by atoms with Crippen LogP contribution >= 0.6 is 11.3 Å². The average molecular weight is 583 g/mol. The number of nitrogens with zero attached hydrogens (tertiary/aromatic N) is 6. The molecule has 1 aliphatic carbocycles. The van der Waals surface area contributed by atoms with E-state index in [4.69, 9.17) is 5.10 Å². The number of carbonyl (C=O) groups is 2. The predicted molar refractivity (Wildman–Crippen MR) is 167 cm³/mol. The molecule has 218 valence electrons. The molecular formula is C33H38N6O2S. The zero-order valence-electron chi connectivity index (χ0n) is 24.6. The fraction of sp³-hybridized carbons (Fsp3) is 0.364. The van der Waals surface area contributed by atoms with E-state index in [1.54, 1.807) is 16.2 Å². The molecule has 0 saturated carbocycles. The number of carbonyl (C=O) groups excluding carboxylic acids is 2. The van der Waals surface area contributed by atoms with E-state index in [-0.39, 0.29) is 11.8 Å². The average Bonchev–Trinajstić information content (AvgIpc) is 3.65. The lowest BCUT2D eigenvalue weighted by molar-refractivity contribution is 0.0656. The van der Waals surface area contributed by atoms with Gasteiger partial charge < -0.3 is 19.6 Å². The second-order valence-electron chi connectivity index (χ2n) is 11.4. The Kier molecular flexibility index (Phi) is 8.24. The van der Waals surface area contributed by atoms with E-state index in [9.17, 15) is 9.59 Å². The number of likely N-dealkylation sites (N-methyl/N-ethyl adjacent to an activating group) is 3. The zero-order valence-corrected chi connectivity index (χ0v) is 25.4. The maximum Gasteiger partial charge on any atom is 0.274 e. The first-order chi connectivity index (χ1) is 20.4. The van der Waals surface area contributed by atoms with Gasteiger partial charge in [0.15, 0.2) is 5.69 Å². The Bertz CT molecular complexity index is 1550. The Balaban J connectivity index is 1.20. The molecule has 0 spiro atoms. The SMILES string of the molecule is CN1CCN(C(=O)c2nn(-c3ccc(C(=O)N(C)CCN(C)Cc4ccccc4)cc3)c3c2CCc2sccc2-3)CC1. The summed E-state index contributed by atoms with van der Waals surface area (Å²) in [5.41, 5.74) is 6.50. The topological polar surface area (TPSA) is 64.9 Å². The second kappa shape index (κ2) is 12.2. The van der Waals surface area contributed by atoms with Crippen molar-refractivity contribution in [2.75, 3.05) is 60.4 Å². The van der Waals surface area contributed by atoms with E-state index < -0.39 is 0 Å². The molecule has 2 aliphatic rings. The standard InChI is InChI=1S/C33H38N6O2S/c1-35-17-20-38(21-18-35)33(41)30-28-13-14-29-27(15-22-42-29)31(28)39(34-30)26-11-9-25(10-12-26)32(40)37(3)19-16-36(2)23-24-7-5-4-6-8-24/h4-12,15,22H,13-14,16-21,23H2,1-3H3. The molecule has 0 radical (unpaired) electrons. The lowest BCUT2D eigenvalue weighted by Gasteiger charge is -2.32. The van der Waals surface area contributed by atoms with Crippen LogP contribution in [0.4, 0.5) is 0 Å². The molecule has 6 rings (SSSR count). The molecule has 2 amide bonds. The molecule has 1 aliphatic heterocycles. The van der Waals surface area contributed by atoms with Gasteiger partial charge in [0.2, 0.25) is 0 Å². The summed E-state index contributed by atoms with van der Waals surface area (Å²) in [5.74, 6) is 0.00523. The monoisotopic (exact) mass is 582 g/mol. The molecule has 0 unspecified atom stereocenters. The molecule has 4 aromatic rings. The van der Waals surface area contributed by atoms with Crippen molar-refractivity contribution in [3.8, 4) is 16.9 Å². The summed E-state index contributed by atoms with van der Waals surface area (Å²) in [4.78, 5) is 36.4. The number of rotatable bonds is 8. The third-order valence-corrected chi connectivity index (χ3v) is 9.38. The zero-order chi connectivity index (χ0) is 29.2. The number of hydrogen-bond acceptors (Lipinski definition) is 6. The summed E-state index contributed by atoms with van der Waals surface area (Å²) in [6, 6.07) is 20.1. The van der Waals surface area contributed by atoms with Gasteiger partial charge in [0.1, 0.15) is 0 Å². The number of amides is 2. The van der Waals surface area contributed by atoms with Crippen LogP contribution in [0.25, 0.3) is 16.9 Å². The van der Waals surface area contributed by atoms with Gasteiger partial charge in [-0.3, -0.25) is 9.59 Å². The first-order valence-corrected chi connectivity index (χ1v) is 15.5. The van der Waals surface area contributed by atoms with Gasteiger partial charge >= 0.3 is 0 Å². The van der Waals surface area contributed by atoms with E-state index in [0.29, 0.717) is 30.9 Å². The fourth-order valence-electron chi connectivity index (χ4n) is 5.83. The largest absolute Gasteiger partial charge is 0.340 e. The van der Waals surface area contributed by atoms with Crippen molar-refractivity contribution >= 4 is 23.2 Å². The van der Waals surface area contributed by atoms with Gasteiger partial charge in [0.25, 0.3) is 11.8 Å². The number of fused-ring (bicyclic) bond motifs is 3. The number of hydrogen-bond donors (Lipinski definition) is 0. The first kappa shape index (κ1) is 28.3. The highest BCUT2D eigenvalue weighted by Crippen LogP contribution is 2.39. The molecule has 42 heavy (non-hydrogen) atoms. The van der Waals surface area contributed by atoms with Crippen molar-refractivity contribution in [2.24, 2.45) is 0 Å². The lowest BCUT2D eigenvalue weighted by atomic mass is 9.94. The van der Waals surface area contributed by atoms with Crippen LogP contribution in [0, 0.1) is 0 Å². The number of benzene rings is 2. The van der Waals surface area contributed by atoms with Gasteiger partial charge in [-0.1, -0.05) is 30.3 Å². The predicted octanol–water partition coefficient (Wildman–Crippen LogP) is 4.29. The van der Waals surface area contributed by atoms with Gasteiger partial charge in [-0.05, 0) is 68.2 Å². The van der Waals surface area contributed by atoms with Crippen LogP contribution in [0.2, 0.25) is 0 Å². The first-order valence-electron chi connectivity index (χ1n) is 14.6. The number of piperazine rings is 1. The van der Waals surface area contributed by atoms with E-state index in [1.807, 2.05) is 59.1 Å². The van der Waals surface area contributed by atoms with Crippen LogP contribution in [-0.4, -0.2) is 102 Å². The summed E-state index contributed by atoms with van der Waals surface area (Å²) in [6.45, 7) is 5.43. The Morgan fingerprint density at radius 3 is 2.38 bits per heavy atom. The van der Waals surface area contributed by atoms with Gasteiger partial charge in [0.05, 0.1) is 11.4 Å². The third kappa shape index (κ3) is 5.77. The molecule has 2 aromatic carbocycles. The van der Waals surface area contributed by atoms with Gasteiger partial charge in [-0.25, -0.2) is 4.68 Å². The van der Waals surface area contributed by atoms with Crippen LogP contribution in [-0.2, 0) is 19.4 Å². The third-order valence-electron chi connectivity index (χ3n) is 8.40. The van der Waals surface area contributed by atoms with Crippen molar-refractivity contribution in [1.29, 1.82) is 0 Å². The molecular weight excluding hydrogens is 544 g/mol. The highest BCUT2D eigenvalue weighted by atomic mass is 32.1. The number of thiophene rings is 1. The van der Waals surface area contributed by atoms with Crippen LogP contribution < -0.4 is 0 Å². The van der Waals surface area contributed by atoms with E-state index in [1.165, 1.54) is 10.4 Å². The fourth-order valence-corrected chi connectivity index (χ4v) is 6.71. The molecule has 0 atom stereocenters. The second-order valence-corrected chi connectivity index (χ2v) is 12.4. The molecule has 1 saturated heterocycles. The van der Waals surface area contributed by atoms with Gasteiger partial charge in [-0.2, -0.15) is 5.10 Å². The Labute approximate surface area is 251 Å². The Hall–Kier alpha value is -3.79. The van der Waals surface area contributed by atoms with Crippen molar-refractivity contribution in [2.45, 2.75) is 19.4 Å². The summed E-state index contributed by atoms with van der Waals surface area (Å²) in [6.07, 6.45) is 1.73. The van der Waals surface area contributed by atoms with Crippen LogP contribution in [0.1, 0.15) is 36.9 Å². The molecule has 0 bridgehead atoms. The van der Waals surface area contributed by atoms with Crippen molar-refractivity contribution in [3.05, 3.63) is 93.3 Å². The van der Waals surface area contributed by atoms with Crippen molar-refractivity contribution < 1.29 is 9.59 Å². The van der Waals surface area contributed by atoms with Crippen molar-refractivity contribution in [3.63, 3.8) is 0 Å². The van der Waals surface area contributed by atoms with E-state index in [2.05, 4.69) is 47.5 Å². The summed E-state index contributed by atoms with van der Waals surface area (Å²) in [5, 5.41) is 7.06. The molecule has 3 heterocycles. The normalized spacial score (nSPS) is 15.0. The maximum absolute atomic E-state index is 13.7. The highest BCUT2D eigenvalue weighted by Gasteiger charge is 2.32. The Morgan fingerprint density at radius 1 is 0.905 bits per heavy atom. The molecule has 0 N–H and O–H groups in total. The van der Waals surface area contributed by atoms with Gasteiger partial charge in [-0.15, -0.1) is 11.3 Å². The number of aromatic nitrogens is 2. The van der Waals surface area contributed by atoms with Gasteiger partial charge in [0, 0.05) is 74.4 Å². The molecule has 8 nitrogen and oxygen atoms in total. The summed E-state index contributed by atoms with van der Waals surface area (Å²) < 4.78 is 1.92. The van der Waals surface area contributed by atoms with Crippen LogP contribution in [0.15, 0.2) is 66.0 Å². The molecule has 2 aromatic heterocycles. The van der Waals surface area contributed by atoms with E-state index in [0.717, 1.165) is 61.5 Å². The number of aryl methyl sites for hydroxylation is 1. The van der Waals surface area contributed by atoms with Crippen LogP contribution in [0.5, 0.6) is 0 Å². The summed E-state index contributed by atoms with van der Waals surface area (Å²) >= 11 is 1.76. The minimum atomic E-state index is -0.0109. The Morgan fingerprint density at radius 2 is 1.64 bits per heavy atom. The smallest absolute Gasteiger partial charge is 0.274 e. The van der Waals surface area contributed by atoms with E-state index >= 15 is 0 Å². The minimum Gasteiger partial charge on any atom is -0.340 e. The molecule has 1 fully saturated rings.